The number of ether oxygens (including phenoxy) is 1. The van der Waals surface area contributed by atoms with E-state index in [9.17, 15) is 8.42 Å². The summed E-state index contributed by atoms with van der Waals surface area (Å²) in [6.45, 7) is 0.303. The number of nitrogen functional groups attached to an aromatic ring is 1. The lowest BCUT2D eigenvalue weighted by molar-refractivity contribution is 0.415. The van der Waals surface area contributed by atoms with Crippen LogP contribution >= 0.6 is 27.3 Å². The summed E-state index contributed by atoms with van der Waals surface area (Å²) in [5.74, 6) is 0.350. The Bertz CT molecular complexity index is 744. The zero-order valence-corrected chi connectivity index (χ0v) is 14.8. The summed E-state index contributed by atoms with van der Waals surface area (Å²) in [6.07, 6.45) is 0. The van der Waals surface area contributed by atoms with Gasteiger partial charge in [-0.3, -0.25) is 0 Å². The number of halogens is 1. The molecule has 0 aliphatic rings. The van der Waals surface area contributed by atoms with E-state index in [4.69, 9.17) is 10.5 Å². The number of benzene rings is 1. The smallest absolute Gasteiger partial charge is 0.243 e. The van der Waals surface area contributed by atoms with Gasteiger partial charge in [-0.05, 0) is 45.1 Å². The van der Waals surface area contributed by atoms with Gasteiger partial charge in [-0.1, -0.05) is 0 Å². The van der Waals surface area contributed by atoms with Crippen LogP contribution in [0.5, 0.6) is 5.75 Å². The van der Waals surface area contributed by atoms with Gasteiger partial charge in [-0.2, -0.15) is 4.31 Å². The SMILES string of the molecule is COc1cc(S(=O)(=O)N(C)Cc2csc(Br)c2)ccc1N. The first kappa shape index (κ1) is 16.3. The van der Waals surface area contributed by atoms with Crippen molar-refractivity contribution in [1.82, 2.24) is 4.31 Å². The first-order chi connectivity index (χ1) is 9.84. The van der Waals surface area contributed by atoms with Crippen LogP contribution < -0.4 is 10.5 Å². The molecule has 0 spiro atoms. The highest BCUT2D eigenvalue weighted by Gasteiger charge is 2.22. The molecule has 1 aromatic carbocycles. The van der Waals surface area contributed by atoms with E-state index in [1.165, 1.54) is 41.0 Å². The Balaban J connectivity index is 2.28. The summed E-state index contributed by atoms with van der Waals surface area (Å²) >= 11 is 4.88. The number of nitrogens with zero attached hydrogens (tertiary/aromatic N) is 1. The predicted octanol–water partition coefficient (Wildman–Crippen LogP) is 2.92. The van der Waals surface area contributed by atoms with E-state index < -0.39 is 10.0 Å². The molecule has 0 aliphatic heterocycles. The fourth-order valence-corrected chi connectivity index (χ4v) is 4.18. The van der Waals surface area contributed by atoms with Gasteiger partial charge in [-0.25, -0.2) is 8.42 Å². The molecule has 0 unspecified atom stereocenters. The van der Waals surface area contributed by atoms with Gasteiger partial charge in [0, 0.05) is 19.7 Å². The van der Waals surface area contributed by atoms with Gasteiger partial charge < -0.3 is 10.5 Å². The summed E-state index contributed by atoms with van der Waals surface area (Å²) < 4.78 is 32.4. The van der Waals surface area contributed by atoms with Gasteiger partial charge in [0.1, 0.15) is 5.75 Å². The molecule has 0 atom stereocenters. The normalized spacial score (nSPS) is 11.8. The van der Waals surface area contributed by atoms with Crippen molar-refractivity contribution in [1.29, 1.82) is 0 Å². The zero-order valence-electron chi connectivity index (χ0n) is 11.5. The second-order valence-electron chi connectivity index (χ2n) is 4.42. The van der Waals surface area contributed by atoms with Gasteiger partial charge in [0.2, 0.25) is 10.0 Å². The molecule has 2 rings (SSSR count). The number of anilines is 1. The fourth-order valence-electron chi connectivity index (χ4n) is 1.80. The molecule has 0 amide bonds. The quantitative estimate of drug-likeness (QED) is 0.796. The van der Waals surface area contributed by atoms with Crippen LogP contribution in [0.4, 0.5) is 5.69 Å². The maximum absolute atomic E-state index is 12.5. The minimum absolute atomic E-state index is 0.158. The number of hydrogen-bond donors (Lipinski definition) is 1. The van der Waals surface area contributed by atoms with E-state index in [1.54, 1.807) is 7.05 Å². The average molecular weight is 391 g/mol. The molecule has 0 saturated heterocycles. The third-order valence-corrected chi connectivity index (χ3v) is 6.29. The molecule has 0 fully saturated rings. The molecular formula is C13H15BrN2O3S2. The first-order valence-electron chi connectivity index (χ1n) is 5.97. The summed E-state index contributed by atoms with van der Waals surface area (Å²) in [4.78, 5) is 0.158. The van der Waals surface area contributed by atoms with Crippen molar-refractivity contribution in [2.75, 3.05) is 19.9 Å². The molecule has 5 nitrogen and oxygen atoms in total. The van der Waals surface area contributed by atoms with Crippen LogP contribution in [0, 0.1) is 0 Å². The Labute approximate surface area is 136 Å². The van der Waals surface area contributed by atoms with Crippen LogP contribution in [-0.4, -0.2) is 26.9 Å². The molecule has 8 heteroatoms. The Hall–Kier alpha value is -1.09. The van der Waals surface area contributed by atoms with Crippen molar-refractivity contribution in [3.63, 3.8) is 0 Å². The Kier molecular flexibility index (Phi) is 4.92. The molecule has 2 aromatic rings. The summed E-state index contributed by atoms with van der Waals surface area (Å²) in [5, 5.41) is 1.92. The predicted molar refractivity (Wildman–Crippen MR) is 88.1 cm³/mol. The largest absolute Gasteiger partial charge is 0.495 e. The van der Waals surface area contributed by atoms with Crippen LogP contribution in [0.1, 0.15) is 5.56 Å². The first-order valence-corrected chi connectivity index (χ1v) is 9.08. The van der Waals surface area contributed by atoms with E-state index in [-0.39, 0.29) is 4.90 Å². The van der Waals surface area contributed by atoms with Crippen molar-refractivity contribution in [3.8, 4) is 5.75 Å². The van der Waals surface area contributed by atoms with E-state index in [1.807, 2.05) is 11.4 Å². The molecule has 0 aliphatic carbocycles. The minimum Gasteiger partial charge on any atom is -0.495 e. The molecule has 114 valence electrons. The fraction of sp³-hybridized carbons (Fsp3) is 0.231. The van der Waals surface area contributed by atoms with Crippen LogP contribution in [0.3, 0.4) is 0 Å². The van der Waals surface area contributed by atoms with Crippen LogP contribution in [0.2, 0.25) is 0 Å². The van der Waals surface area contributed by atoms with E-state index in [0.717, 1.165) is 9.35 Å². The number of hydrogen-bond acceptors (Lipinski definition) is 5. The van der Waals surface area contributed by atoms with E-state index in [2.05, 4.69) is 15.9 Å². The number of methoxy groups -OCH3 is 1. The third kappa shape index (κ3) is 3.57. The highest BCUT2D eigenvalue weighted by molar-refractivity contribution is 9.11. The Morgan fingerprint density at radius 3 is 2.67 bits per heavy atom. The second-order valence-corrected chi connectivity index (χ2v) is 8.76. The monoisotopic (exact) mass is 390 g/mol. The van der Waals surface area contributed by atoms with Gasteiger partial charge in [0.15, 0.2) is 0 Å². The lowest BCUT2D eigenvalue weighted by Crippen LogP contribution is -2.26. The average Bonchev–Trinajstić information content (AvgIpc) is 2.84. The zero-order chi connectivity index (χ0) is 15.6. The molecule has 0 radical (unpaired) electrons. The van der Waals surface area contributed by atoms with Crippen LogP contribution in [-0.2, 0) is 16.6 Å². The lowest BCUT2D eigenvalue weighted by Gasteiger charge is -2.17. The van der Waals surface area contributed by atoms with Gasteiger partial charge in [0.25, 0.3) is 0 Å². The summed E-state index contributed by atoms with van der Waals surface area (Å²) in [6, 6.07) is 6.35. The highest BCUT2D eigenvalue weighted by atomic mass is 79.9. The van der Waals surface area contributed by atoms with E-state index in [0.29, 0.717) is 18.0 Å². The van der Waals surface area contributed by atoms with Gasteiger partial charge >= 0.3 is 0 Å². The molecular weight excluding hydrogens is 376 g/mol. The topological polar surface area (TPSA) is 72.6 Å². The van der Waals surface area contributed by atoms with Crippen molar-refractivity contribution in [2.24, 2.45) is 0 Å². The highest BCUT2D eigenvalue weighted by Crippen LogP contribution is 2.28. The van der Waals surface area contributed by atoms with Gasteiger partial charge in [-0.15, -0.1) is 11.3 Å². The number of nitrogens with two attached hydrogens (primary N) is 1. The summed E-state index contributed by atoms with van der Waals surface area (Å²) in [5.41, 5.74) is 7.04. The van der Waals surface area contributed by atoms with Gasteiger partial charge in [0.05, 0.1) is 21.5 Å². The van der Waals surface area contributed by atoms with Crippen LogP contribution in [0.25, 0.3) is 0 Å². The number of thiophene rings is 1. The maximum Gasteiger partial charge on any atom is 0.243 e. The third-order valence-electron chi connectivity index (χ3n) is 2.94. The molecule has 2 N–H and O–H groups in total. The van der Waals surface area contributed by atoms with Crippen LogP contribution in [0.15, 0.2) is 38.3 Å². The van der Waals surface area contributed by atoms with E-state index >= 15 is 0 Å². The van der Waals surface area contributed by atoms with Crippen molar-refractivity contribution < 1.29 is 13.2 Å². The Morgan fingerprint density at radius 1 is 1.38 bits per heavy atom. The van der Waals surface area contributed by atoms with Crippen molar-refractivity contribution in [2.45, 2.75) is 11.4 Å². The minimum atomic E-state index is -3.59. The lowest BCUT2D eigenvalue weighted by atomic mass is 10.3. The number of sulfonamides is 1. The maximum atomic E-state index is 12.5. The molecule has 21 heavy (non-hydrogen) atoms. The number of rotatable bonds is 5. The Morgan fingerprint density at radius 2 is 2.10 bits per heavy atom. The van der Waals surface area contributed by atoms with Crippen molar-refractivity contribution >= 4 is 43.0 Å². The molecule has 0 bridgehead atoms. The molecule has 1 aromatic heterocycles. The van der Waals surface area contributed by atoms with Crippen molar-refractivity contribution in [3.05, 3.63) is 39.0 Å². The molecule has 1 heterocycles. The second kappa shape index (κ2) is 6.35. The standard InChI is InChI=1S/C13H15BrN2O3S2/c1-16(7-9-5-13(14)20-8-9)21(17,18)10-3-4-11(15)12(6-10)19-2/h3-6,8H,7,15H2,1-2H3. The molecule has 0 saturated carbocycles. The summed E-state index contributed by atoms with van der Waals surface area (Å²) in [7, 11) is -0.592.